The monoisotopic (exact) mass is 292 g/mol. The summed E-state index contributed by atoms with van der Waals surface area (Å²) in [5, 5.41) is 0. The molecule has 1 aromatic heterocycles. The average molecular weight is 292 g/mol. The van der Waals surface area contributed by atoms with Crippen LogP contribution in [0.2, 0.25) is 0 Å². The molecule has 3 heterocycles. The van der Waals surface area contributed by atoms with E-state index in [4.69, 9.17) is 4.74 Å². The lowest BCUT2D eigenvalue weighted by Crippen LogP contribution is -2.47. The number of ether oxygens (including phenoxy) is 1. The third-order valence-corrected chi connectivity index (χ3v) is 4.48. The van der Waals surface area contributed by atoms with Crippen molar-refractivity contribution in [2.24, 2.45) is 5.92 Å². The van der Waals surface area contributed by atoms with Gasteiger partial charge in [-0.15, -0.1) is 0 Å². The largest absolute Gasteiger partial charge is 0.378 e. The van der Waals surface area contributed by atoms with E-state index in [1.165, 1.54) is 0 Å². The minimum atomic E-state index is 0.211. The standard InChI is InChI=1S/C15H24N4O2/c20-15(19-9-11-21-12-10-19)13-1-6-18(7-2-13)8-3-14-16-4-5-17-14/h4-5,13H,1-3,6-12H2,(H,16,17). The van der Waals surface area contributed by atoms with E-state index in [-0.39, 0.29) is 5.92 Å². The molecule has 0 aliphatic carbocycles. The van der Waals surface area contributed by atoms with Crippen LogP contribution in [-0.2, 0) is 16.0 Å². The van der Waals surface area contributed by atoms with Crippen LogP contribution in [0.25, 0.3) is 0 Å². The van der Waals surface area contributed by atoms with Crippen molar-refractivity contribution in [3.8, 4) is 0 Å². The van der Waals surface area contributed by atoms with Gasteiger partial charge in [0.1, 0.15) is 5.82 Å². The van der Waals surface area contributed by atoms with Crippen molar-refractivity contribution in [1.29, 1.82) is 0 Å². The number of hydrogen-bond donors (Lipinski definition) is 1. The van der Waals surface area contributed by atoms with Crippen LogP contribution >= 0.6 is 0 Å². The van der Waals surface area contributed by atoms with Gasteiger partial charge in [0.2, 0.25) is 5.91 Å². The number of piperidine rings is 1. The number of aromatic nitrogens is 2. The lowest BCUT2D eigenvalue weighted by Gasteiger charge is -2.35. The second-order valence-electron chi connectivity index (χ2n) is 5.84. The Bertz CT molecular complexity index is 435. The van der Waals surface area contributed by atoms with Crippen molar-refractivity contribution in [3.05, 3.63) is 18.2 Å². The highest BCUT2D eigenvalue weighted by molar-refractivity contribution is 5.79. The predicted molar refractivity (Wildman–Crippen MR) is 78.9 cm³/mol. The Morgan fingerprint density at radius 2 is 2.05 bits per heavy atom. The van der Waals surface area contributed by atoms with Gasteiger partial charge in [0.05, 0.1) is 13.2 Å². The fourth-order valence-corrected chi connectivity index (χ4v) is 3.14. The fourth-order valence-electron chi connectivity index (χ4n) is 3.14. The zero-order chi connectivity index (χ0) is 14.5. The Balaban J connectivity index is 1.41. The predicted octanol–water partition coefficient (Wildman–Crippen LogP) is 0.523. The number of H-pyrrole nitrogens is 1. The van der Waals surface area contributed by atoms with E-state index in [0.717, 1.165) is 57.8 Å². The summed E-state index contributed by atoms with van der Waals surface area (Å²) < 4.78 is 5.31. The van der Waals surface area contributed by atoms with E-state index in [1.54, 1.807) is 6.20 Å². The number of nitrogens with one attached hydrogen (secondary N) is 1. The number of nitrogens with zero attached hydrogens (tertiary/aromatic N) is 3. The molecule has 2 saturated heterocycles. The molecule has 0 unspecified atom stereocenters. The molecule has 1 amide bonds. The Hall–Kier alpha value is -1.40. The van der Waals surface area contributed by atoms with Gasteiger partial charge in [0.25, 0.3) is 0 Å². The number of hydrogen-bond acceptors (Lipinski definition) is 4. The molecule has 2 aliphatic rings. The van der Waals surface area contributed by atoms with Crippen molar-refractivity contribution in [1.82, 2.24) is 19.8 Å². The summed E-state index contributed by atoms with van der Waals surface area (Å²) >= 11 is 0. The van der Waals surface area contributed by atoms with Crippen molar-refractivity contribution in [2.45, 2.75) is 19.3 Å². The van der Waals surface area contributed by atoms with E-state index in [2.05, 4.69) is 14.9 Å². The molecule has 0 radical (unpaired) electrons. The molecule has 1 aromatic rings. The molecule has 21 heavy (non-hydrogen) atoms. The van der Waals surface area contributed by atoms with Crippen LogP contribution in [0.1, 0.15) is 18.7 Å². The number of morpholine rings is 1. The fraction of sp³-hybridized carbons (Fsp3) is 0.733. The van der Waals surface area contributed by atoms with Crippen LogP contribution in [0.15, 0.2) is 12.4 Å². The third kappa shape index (κ3) is 3.83. The molecule has 1 N–H and O–H groups in total. The van der Waals surface area contributed by atoms with Gasteiger partial charge in [-0.1, -0.05) is 0 Å². The molecule has 0 atom stereocenters. The quantitative estimate of drug-likeness (QED) is 0.879. The van der Waals surface area contributed by atoms with Gasteiger partial charge in [-0.25, -0.2) is 4.98 Å². The van der Waals surface area contributed by atoms with E-state index >= 15 is 0 Å². The normalized spacial score (nSPS) is 21.6. The van der Waals surface area contributed by atoms with Gasteiger partial charge in [-0.2, -0.15) is 0 Å². The van der Waals surface area contributed by atoms with Crippen molar-refractivity contribution in [2.75, 3.05) is 45.9 Å². The Labute approximate surface area is 125 Å². The molecule has 0 saturated carbocycles. The molecule has 0 aromatic carbocycles. The SMILES string of the molecule is O=C(C1CCN(CCc2ncc[nH]2)CC1)N1CCOCC1. The number of likely N-dealkylation sites (tertiary alicyclic amines) is 1. The number of carbonyl (C=O) groups is 1. The van der Waals surface area contributed by atoms with Gasteiger partial charge in [-0.05, 0) is 25.9 Å². The van der Waals surface area contributed by atoms with E-state index in [9.17, 15) is 4.79 Å². The van der Waals surface area contributed by atoms with Gasteiger partial charge < -0.3 is 19.5 Å². The number of rotatable bonds is 4. The van der Waals surface area contributed by atoms with E-state index in [0.29, 0.717) is 19.1 Å². The van der Waals surface area contributed by atoms with E-state index in [1.807, 2.05) is 11.1 Å². The van der Waals surface area contributed by atoms with Gasteiger partial charge in [0, 0.05) is 44.4 Å². The Morgan fingerprint density at radius 3 is 2.71 bits per heavy atom. The third-order valence-electron chi connectivity index (χ3n) is 4.48. The van der Waals surface area contributed by atoms with Crippen LogP contribution < -0.4 is 0 Å². The first-order valence-electron chi connectivity index (χ1n) is 7.90. The van der Waals surface area contributed by atoms with Gasteiger partial charge >= 0.3 is 0 Å². The Morgan fingerprint density at radius 1 is 1.29 bits per heavy atom. The molecule has 6 heteroatoms. The maximum absolute atomic E-state index is 12.4. The highest BCUT2D eigenvalue weighted by Crippen LogP contribution is 2.20. The maximum Gasteiger partial charge on any atom is 0.225 e. The Kier molecular flexibility index (Phi) is 4.87. The molecule has 0 bridgehead atoms. The lowest BCUT2D eigenvalue weighted by atomic mass is 9.95. The van der Waals surface area contributed by atoms with Crippen molar-refractivity contribution < 1.29 is 9.53 Å². The highest BCUT2D eigenvalue weighted by Gasteiger charge is 2.29. The first-order valence-corrected chi connectivity index (χ1v) is 7.90. The summed E-state index contributed by atoms with van der Waals surface area (Å²) in [6.45, 7) is 5.95. The maximum atomic E-state index is 12.4. The van der Waals surface area contributed by atoms with Crippen LogP contribution in [-0.4, -0.2) is 71.6 Å². The van der Waals surface area contributed by atoms with Crippen LogP contribution in [0.4, 0.5) is 0 Å². The number of amides is 1. The van der Waals surface area contributed by atoms with Crippen LogP contribution in [0.5, 0.6) is 0 Å². The van der Waals surface area contributed by atoms with Crippen LogP contribution in [0, 0.1) is 5.92 Å². The molecule has 6 nitrogen and oxygen atoms in total. The summed E-state index contributed by atoms with van der Waals surface area (Å²) in [5.41, 5.74) is 0. The minimum absolute atomic E-state index is 0.211. The summed E-state index contributed by atoms with van der Waals surface area (Å²) in [7, 11) is 0. The average Bonchev–Trinajstić information content (AvgIpc) is 3.07. The zero-order valence-corrected chi connectivity index (χ0v) is 12.5. The summed E-state index contributed by atoms with van der Waals surface area (Å²) in [4.78, 5) is 24.2. The second-order valence-corrected chi connectivity index (χ2v) is 5.84. The van der Waals surface area contributed by atoms with E-state index < -0.39 is 0 Å². The zero-order valence-electron chi connectivity index (χ0n) is 12.5. The molecular weight excluding hydrogens is 268 g/mol. The van der Waals surface area contributed by atoms with Crippen molar-refractivity contribution in [3.63, 3.8) is 0 Å². The molecule has 0 spiro atoms. The highest BCUT2D eigenvalue weighted by atomic mass is 16.5. The molecule has 2 fully saturated rings. The number of carbonyl (C=O) groups excluding carboxylic acids is 1. The number of imidazole rings is 1. The summed E-state index contributed by atoms with van der Waals surface area (Å²) in [5.74, 6) is 1.59. The lowest BCUT2D eigenvalue weighted by molar-refractivity contribution is -0.141. The molecule has 2 aliphatic heterocycles. The minimum Gasteiger partial charge on any atom is -0.378 e. The summed E-state index contributed by atoms with van der Waals surface area (Å²) in [6.07, 6.45) is 6.57. The molecular formula is C15H24N4O2. The first kappa shape index (κ1) is 14.5. The van der Waals surface area contributed by atoms with Gasteiger partial charge in [0.15, 0.2) is 0 Å². The molecule has 3 rings (SSSR count). The molecule has 116 valence electrons. The topological polar surface area (TPSA) is 61.5 Å². The second kappa shape index (κ2) is 7.04. The number of aromatic amines is 1. The van der Waals surface area contributed by atoms with Crippen LogP contribution in [0.3, 0.4) is 0 Å². The van der Waals surface area contributed by atoms with Crippen molar-refractivity contribution >= 4 is 5.91 Å². The smallest absolute Gasteiger partial charge is 0.225 e. The van der Waals surface area contributed by atoms with Gasteiger partial charge in [-0.3, -0.25) is 4.79 Å². The first-order chi connectivity index (χ1) is 10.3. The summed E-state index contributed by atoms with van der Waals surface area (Å²) in [6, 6.07) is 0.